The van der Waals surface area contributed by atoms with Gasteiger partial charge in [-0.05, 0) is 49.6 Å². The Labute approximate surface area is 115 Å². The van der Waals surface area contributed by atoms with Gasteiger partial charge in [-0.3, -0.25) is 0 Å². The first-order chi connectivity index (χ1) is 8.81. The highest BCUT2D eigenvalue weighted by molar-refractivity contribution is 7.90. The third kappa shape index (κ3) is 6.16. The Hall–Kier alpha value is -0.940. The minimum Gasteiger partial charge on any atom is -0.313 e. The van der Waals surface area contributed by atoms with Gasteiger partial charge >= 0.3 is 0 Å². The van der Waals surface area contributed by atoms with E-state index in [1.165, 1.54) is 18.4 Å². The SMILES string of the molecule is CCCNC(Cc1ccc(F)cc1C)CS(C)(=O)=O. The molecule has 0 amide bonds. The lowest BCUT2D eigenvalue weighted by molar-refractivity contribution is 0.529. The molecule has 0 saturated heterocycles. The van der Waals surface area contributed by atoms with Gasteiger partial charge < -0.3 is 5.32 Å². The van der Waals surface area contributed by atoms with Crippen molar-refractivity contribution in [3.8, 4) is 0 Å². The molecular formula is C14H22FNO2S. The number of halogens is 1. The van der Waals surface area contributed by atoms with Crippen LogP contribution >= 0.6 is 0 Å². The van der Waals surface area contributed by atoms with E-state index in [0.29, 0.717) is 6.42 Å². The predicted octanol–water partition coefficient (Wildman–Crippen LogP) is 2.09. The third-order valence-electron chi connectivity index (χ3n) is 2.96. The summed E-state index contributed by atoms with van der Waals surface area (Å²) in [6.07, 6.45) is 2.78. The second-order valence-electron chi connectivity index (χ2n) is 5.02. The summed E-state index contributed by atoms with van der Waals surface area (Å²) in [6.45, 7) is 4.66. The van der Waals surface area contributed by atoms with Gasteiger partial charge in [0.15, 0.2) is 0 Å². The van der Waals surface area contributed by atoms with Crippen LogP contribution in [0.3, 0.4) is 0 Å². The van der Waals surface area contributed by atoms with Crippen LogP contribution in [0.25, 0.3) is 0 Å². The van der Waals surface area contributed by atoms with Crippen LogP contribution in [-0.4, -0.2) is 33.0 Å². The van der Waals surface area contributed by atoms with Crippen LogP contribution in [0.5, 0.6) is 0 Å². The first-order valence-corrected chi connectivity index (χ1v) is 8.54. The normalized spacial score (nSPS) is 13.5. The van der Waals surface area contributed by atoms with Gasteiger partial charge in [-0.2, -0.15) is 0 Å². The summed E-state index contributed by atoms with van der Waals surface area (Å²) in [5, 5.41) is 3.24. The van der Waals surface area contributed by atoms with Crippen molar-refractivity contribution in [2.24, 2.45) is 0 Å². The van der Waals surface area contributed by atoms with Gasteiger partial charge in [-0.1, -0.05) is 13.0 Å². The smallest absolute Gasteiger partial charge is 0.148 e. The molecule has 0 aromatic heterocycles. The number of rotatable bonds is 7. The molecule has 0 radical (unpaired) electrons. The molecule has 1 aromatic rings. The lowest BCUT2D eigenvalue weighted by Gasteiger charge is -2.18. The summed E-state index contributed by atoms with van der Waals surface area (Å²) >= 11 is 0. The lowest BCUT2D eigenvalue weighted by atomic mass is 10.0. The Balaban J connectivity index is 2.81. The molecule has 1 unspecified atom stereocenters. The quantitative estimate of drug-likeness (QED) is 0.835. The third-order valence-corrected chi connectivity index (χ3v) is 3.97. The predicted molar refractivity (Wildman–Crippen MR) is 76.6 cm³/mol. The molecule has 0 aliphatic carbocycles. The summed E-state index contributed by atoms with van der Waals surface area (Å²) in [7, 11) is -3.03. The van der Waals surface area contributed by atoms with Crippen LogP contribution in [0.1, 0.15) is 24.5 Å². The van der Waals surface area contributed by atoms with Gasteiger partial charge in [-0.15, -0.1) is 0 Å². The molecule has 0 aliphatic heterocycles. The minimum absolute atomic E-state index is 0.101. The van der Waals surface area contributed by atoms with Crippen LogP contribution in [0.2, 0.25) is 0 Å². The Morgan fingerprint density at radius 1 is 1.37 bits per heavy atom. The Morgan fingerprint density at radius 3 is 2.58 bits per heavy atom. The summed E-state index contributed by atoms with van der Waals surface area (Å²) in [6, 6.07) is 4.50. The largest absolute Gasteiger partial charge is 0.313 e. The molecule has 0 bridgehead atoms. The maximum atomic E-state index is 13.0. The van der Waals surface area contributed by atoms with E-state index in [9.17, 15) is 12.8 Å². The van der Waals surface area contributed by atoms with Crippen molar-refractivity contribution in [3.63, 3.8) is 0 Å². The highest BCUT2D eigenvalue weighted by atomic mass is 32.2. The van der Waals surface area contributed by atoms with Crippen molar-refractivity contribution in [2.45, 2.75) is 32.7 Å². The number of hydrogen-bond donors (Lipinski definition) is 1. The van der Waals surface area contributed by atoms with Crippen molar-refractivity contribution in [1.29, 1.82) is 0 Å². The molecule has 1 N–H and O–H groups in total. The van der Waals surface area contributed by atoms with E-state index in [2.05, 4.69) is 5.32 Å². The maximum absolute atomic E-state index is 13.0. The van der Waals surface area contributed by atoms with Gasteiger partial charge in [0.25, 0.3) is 0 Å². The molecular weight excluding hydrogens is 265 g/mol. The lowest BCUT2D eigenvalue weighted by Crippen LogP contribution is -2.37. The Bertz CT molecular complexity index is 514. The second kappa shape index (κ2) is 7.01. The van der Waals surface area contributed by atoms with Gasteiger partial charge in [0.1, 0.15) is 15.7 Å². The first kappa shape index (κ1) is 16.1. The van der Waals surface area contributed by atoms with Crippen molar-refractivity contribution in [1.82, 2.24) is 5.32 Å². The molecule has 1 atom stereocenters. The average Bonchev–Trinajstić information content (AvgIpc) is 2.27. The molecule has 0 aliphatic rings. The standard InChI is InChI=1S/C14H22FNO2S/c1-4-7-16-14(10-19(3,17)18)9-12-5-6-13(15)8-11(12)2/h5-6,8,14,16H,4,7,9-10H2,1-3H3. The topological polar surface area (TPSA) is 46.2 Å². The zero-order valence-corrected chi connectivity index (χ0v) is 12.6. The number of hydrogen-bond acceptors (Lipinski definition) is 3. The van der Waals surface area contributed by atoms with Crippen LogP contribution < -0.4 is 5.32 Å². The molecule has 0 spiro atoms. The molecule has 108 valence electrons. The van der Waals surface area contributed by atoms with Gasteiger partial charge in [0.2, 0.25) is 0 Å². The van der Waals surface area contributed by atoms with Gasteiger partial charge in [0, 0.05) is 12.3 Å². The summed E-state index contributed by atoms with van der Waals surface area (Å²) in [5.74, 6) is -0.161. The van der Waals surface area contributed by atoms with Crippen molar-refractivity contribution in [2.75, 3.05) is 18.6 Å². The fraction of sp³-hybridized carbons (Fsp3) is 0.571. The van der Waals surface area contributed by atoms with Crippen molar-refractivity contribution in [3.05, 3.63) is 35.1 Å². The average molecular weight is 287 g/mol. The molecule has 5 heteroatoms. The fourth-order valence-electron chi connectivity index (χ4n) is 2.06. The van der Waals surface area contributed by atoms with E-state index < -0.39 is 9.84 Å². The van der Waals surface area contributed by atoms with E-state index >= 15 is 0 Å². The Morgan fingerprint density at radius 2 is 2.05 bits per heavy atom. The van der Waals surface area contributed by atoms with E-state index in [-0.39, 0.29) is 17.6 Å². The summed E-state index contributed by atoms with van der Waals surface area (Å²) in [5.41, 5.74) is 1.84. The van der Waals surface area contributed by atoms with Crippen molar-refractivity contribution >= 4 is 9.84 Å². The van der Waals surface area contributed by atoms with Crippen LogP contribution in [0, 0.1) is 12.7 Å². The highest BCUT2D eigenvalue weighted by Crippen LogP contribution is 2.13. The fourth-order valence-corrected chi connectivity index (χ4v) is 3.02. The van der Waals surface area contributed by atoms with Gasteiger partial charge in [0.05, 0.1) is 5.75 Å². The monoisotopic (exact) mass is 287 g/mol. The maximum Gasteiger partial charge on any atom is 0.148 e. The van der Waals surface area contributed by atoms with Crippen LogP contribution in [-0.2, 0) is 16.3 Å². The molecule has 0 fully saturated rings. The van der Waals surface area contributed by atoms with Crippen molar-refractivity contribution < 1.29 is 12.8 Å². The molecule has 1 aromatic carbocycles. The highest BCUT2D eigenvalue weighted by Gasteiger charge is 2.16. The molecule has 3 nitrogen and oxygen atoms in total. The second-order valence-corrected chi connectivity index (χ2v) is 7.20. The zero-order chi connectivity index (χ0) is 14.5. The van der Waals surface area contributed by atoms with E-state index in [4.69, 9.17) is 0 Å². The molecule has 1 rings (SSSR count). The summed E-state index contributed by atoms with van der Waals surface area (Å²) < 4.78 is 35.9. The number of aryl methyl sites for hydroxylation is 1. The molecule has 19 heavy (non-hydrogen) atoms. The van der Waals surface area contributed by atoms with E-state index in [1.54, 1.807) is 6.07 Å². The molecule has 0 saturated carbocycles. The minimum atomic E-state index is -3.03. The zero-order valence-electron chi connectivity index (χ0n) is 11.7. The van der Waals surface area contributed by atoms with Gasteiger partial charge in [-0.25, -0.2) is 12.8 Å². The number of benzene rings is 1. The van der Waals surface area contributed by atoms with Crippen LogP contribution in [0.15, 0.2) is 18.2 Å². The number of sulfone groups is 1. The van der Waals surface area contributed by atoms with E-state index in [0.717, 1.165) is 24.1 Å². The summed E-state index contributed by atoms with van der Waals surface area (Å²) in [4.78, 5) is 0. The van der Waals surface area contributed by atoms with Crippen LogP contribution in [0.4, 0.5) is 4.39 Å². The number of nitrogens with one attached hydrogen (secondary N) is 1. The van der Waals surface area contributed by atoms with E-state index in [1.807, 2.05) is 13.8 Å². The molecule has 0 heterocycles. The first-order valence-electron chi connectivity index (χ1n) is 6.48. The Kier molecular flexibility index (Phi) is 5.94.